The van der Waals surface area contributed by atoms with Gasteiger partial charge in [-0.05, 0) is 48.7 Å². The van der Waals surface area contributed by atoms with Gasteiger partial charge in [-0.25, -0.2) is 0 Å². The molecule has 8 nitrogen and oxygen atoms in total. The number of ether oxygens (including phenoxy) is 1. The number of anilines is 1. The highest BCUT2D eigenvalue weighted by Crippen LogP contribution is 2.20. The van der Waals surface area contributed by atoms with Gasteiger partial charge in [-0.15, -0.1) is 22.0 Å². The Hall–Kier alpha value is -2.98. The molecule has 0 spiro atoms. The average Bonchev–Trinajstić information content (AvgIpc) is 3.15. The molecule has 2 N–H and O–H groups in total. The van der Waals surface area contributed by atoms with E-state index in [0.29, 0.717) is 22.3 Å². The van der Waals surface area contributed by atoms with Gasteiger partial charge in [-0.1, -0.05) is 17.8 Å². The Morgan fingerprint density at radius 3 is 2.61 bits per heavy atom. The summed E-state index contributed by atoms with van der Waals surface area (Å²) in [5, 5.41) is 14.5. The van der Waals surface area contributed by atoms with Gasteiger partial charge < -0.3 is 19.9 Å². The van der Waals surface area contributed by atoms with Crippen LogP contribution in [-0.2, 0) is 18.4 Å². The molecular weight excluding hydrogens is 434 g/mol. The number of nitrogens with zero attached hydrogens (tertiary/aromatic N) is 3. The third-order valence-corrected chi connectivity index (χ3v) is 6.12. The standard InChI is InChI=1S/C21H23N5O3S2/c1-26-18(12-22-20(28)14-7-9-16(29-2)10-8-14)24-25-21(26)31-13-19(27)23-15-5-4-6-17(11-15)30-3/h4-11H,12-13H2,1-3H3,(H,22,28)(H,23,27). The van der Waals surface area contributed by atoms with Crippen molar-refractivity contribution in [2.75, 3.05) is 24.4 Å². The molecule has 0 bridgehead atoms. The van der Waals surface area contributed by atoms with Gasteiger partial charge in [0.05, 0.1) is 19.4 Å². The van der Waals surface area contributed by atoms with Crippen molar-refractivity contribution < 1.29 is 14.3 Å². The molecule has 0 atom stereocenters. The molecule has 3 rings (SSSR count). The number of hydrogen-bond acceptors (Lipinski definition) is 7. The highest BCUT2D eigenvalue weighted by Gasteiger charge is 2.13. The second-order valence-corrected chi connectivity index (χ2v) is 8.26. The van der Waals surface area contributed by atoms with Crippen LogP contribution in [0.25, 0.3) is 0 Å². The number of nitrogens with one attached hydrogen (secondary N) is 2. The van der Waals surface area contributed by atoms with Crippen molar-refractivity contribution in [2.45, 2.75) is 16.6 Å². The number of hydrogen-bond donors (Lipinski definition) is 2. The van der Waals surface area contributed by atoms with Crippen molar-refractivity contribution in [1.29, 1.82) is 0 Å². The number of amides is 2. The zero-order valence-corrected chi connectivity index (χ0v) is 19.0. The molecule has 3 aromatic rings. The second kappa shape index (κ2) is 10.9. The van der Waals surface area contributed by atoms with E-state index in [1.165, 1.54) is 11.8 Å². The van der Waals surface area contributed by atoms with Gasteiger partial charge in [0.1, 0.15) is 5.75 Å². The van der Waals surface area contributed by atoms with E-state index in [2.05, 4.69) is 20.8 Å². The molecule has 31 heavy (non-hydrogen) atoms. The van der Waals surface area contributed by atoms with Crippen LogP contribution in [0.2, 0.25) is 0 Å². The smallest absolute Gasteiger partial charge is 0.251 e. The Balaban J connectivity index is 1.51. The number of rotatable bonds is 9. The SMILES string of the molecule is COc1ccc(C(=O)NCc2nnc(SCC(=O)Nc3cccc(SC)c3)n2C)cc1. The zero-order chi connectivity index (χ0) is 22.2. The maximum atomic E-state index is 12.3. The van der Waals surface area contributed by atoms with E-state index in [0.717, 1.165) is 10.6 Å². The van der Waals surface area contributed by atoms with Crippen molar-refractivity contribution in [3.8, 4) is 5.75 Å². The van der Waals surface area contributed by atoms with Crippen LogP contribution >= 0.6 is 23.5 Å². The number of carbonyl (C=O) groups is 2. The molecule has 0 aliphatic rings. The Morgan fingerprint density at radius 1 is 1.13 bits per heavy atom. The van der Waals surface area contributed by atoms with Crippen LogP contribution in [0.4, 0.5) is 5.69 Å². The maximum Gasteiger partial charge on any atom is 0.251 e. The highest BCUT2D eigenvalue weighted by molar-refractivity contribution is 7.99. The molecule has 0 saturated heterocycles. The summed E-state index contributed by atoms with van der Waals surface area (Å²) in [5.74, 6) is 1.14. The average molecular weight is 458 g/mol. The van der Waals surface area contributed by atoms with Crippen LogP contribution < -0.4 is 15.4 Å². The molecular formula is C21H23N5O3S2. The summed E-state index contributed by atoms with van der Waals surface area (Å²) in [4.78, 5) is 25.6. The summed E-state index contributed by atoms with van der Waals surface area (Å²) in [5.41, 5.74) is 1.29. The lowest BCUT2D eigenvalue weighted by Crippen LogP contribution is -2.24. The van der Waals surface area contributed by atoms with E-state index >= 15 is 0 Å². The second-order valence-electron chi connectivity index (χ2n) is 6.44. The van der Waals surface area contributed by atoms with Crippen LogP contribution in [0.15, 0.2) is 58.6 Å². The molecule has 10 heteroatoms. The van der Waals surface area contributed by atoms with Crippen LogP contribution in [0, 0.1) is 0 Å². The summed E-state index contributed by atoms with van der Waals surface area (Å²) in [6, 6.07) is 14.5. The summed E-state index contributed by atoms with van der Waals surface area (Å²) >= 11 is 2.90. The summed E-state index contributed by atoms with van der Waals surface area (Å²) in [7, 11) is 3.38. The fraction of sp³-hybridized carbons (Fsp3) is 0.238. The van der Waals surface area contributed by atoms with Gasteiger partial charge in [-0.2, -0.15) is 0 Å². The molecule has 2 amide bonds. The van der Waals surface area contributed by atoms with E-state index in [-0.39, 0.29) is 24.1 Å². The molecule has 1 heterocycles. The minimum Gasteiger partial charge on any atom is -0.497 e. The lowest BCUT2D eigenvalue weighted by atomic mass is 10.2. The van der Waals surface area contributed by atoms with Crippen LogP contribution in [0.1, 0.15) is 16.2 Å². The molecule has 2 aromatic carbocycles. The van der Waals surface area contributed by atoms with Gasteiger partial charge in [0.2, 0.25) is 5.91 Å². The normalized spacial score (nSPS) is 10.5. The van der Waals surface area contributed by atoms with E-state index < -0.39 is 0 Å². The molecule has 162 valence electrons. The number of methoxy groups -OCH3 is 1. The lowest BCUT2D eigenvalue weighted by molar-refractivity contribution is -0.113. The molecule has 1 aromatic heterocycles. The fourth-order valence-corrected chi connectivity index (χ4v) is 3.85. The van der Waals surface area contributed by atoms with Crippen molar-refractivity contribution >= 4 is 41.0 Å². The third kappa shape index (κ3) is 6.25. The number of thioether (sulfide) groups is 2. The largest absolute Gasteiger partial charge is 0.497 e. The lowest BCUT2D eigenvalue weighted by Gasteiger charge is -2.07. The molecule has 0 aliphatic carbocycles. The predicted octanol–water partition coefficient (Wildman–Crippen LogP) is 3.21. The van der Waals surface area contributed by atoms with Crippen LogP contribution in [0.3, 0.4) is 0 Å². The van der Waals surface area contributed by atoms with Gasteiger partial charge >= 0.3 is 0 Å². The number of aromatic nitrogens is 3. The number of benzene rings is 2. The minimum absolute atomic E-state index is 0.124. The van der Waals surface area contributed by atoms with Crippen molar-refractivity contribution in [3.63, 3.8) is 0 Å². The highest BCUT2D eigenvalue weighted by atomic mass is 32.2. The quantitative estimate of drug-likeness (QED) is 0.476. The van der Waals surface area contributed by atoms with Gasteiger partial charge in [0, 0.05) is 23.2 Å². The molecule has 0 unspecified atom stereocenters. The first kappa shape index (κ1) is 22.7. The van der Waals surface area contributed by atoms with Crippen molar-refractivity contribution in [1.82, 2.24) is 20.1 Å². The first-order valence-electron chi connectivity index (χ1n) is 9.37. The summed E-state index contributed by atoms with van der Waals surface area (Å²) < 4.78 is 6.86. The van der Waals surface area contributed by atoms with E-state index in [9.17, 15) is 9.59 Å². The van der Waals surface area contributed by atoms with E-state index in [1.54, 1.807) is 54.8 Å². The molecule has 0 saturated carbocycles. The fourth-order valence-electron chi connectivity index (χ4n) is 2.66. The van der Waals surface area contributed by atoms with E-state index in [4.69, 9.17) is 4.74 Å². The first-order valence-corrected chi connectivity index (χ1v) is 11.6. The monoisotopic (exact) mass is 457 g/mol. The Bertz CT molecular complexity index is 1050. The summed E-state index contributed by atoms with van der Waals surface area (Å²) in [6.07, 6.45) is 1.99. The molecule has 0 fully saturated rings. The van der Waals surface area contributed by atoms with Crippen molar-refractivity contribution in [2.24, 2.45) is 7.05 Å². The Labute approximate surface area is 189 Å². The Morgan fingerprint density at radius 2 is 1.90 bits per heavy atom. The predicted molar refractivity (Wildman–Crippen MR) is 123 cm³/mol. The minimum atomic E-state index is -0.216. The summed E-state index contributed by atoms with van der Waals surface area (Å²) in [6.45, 7) is 0.225. The Kier molecular flexibility index (Phi) is 7.96. The van der Waals surface area contributed by atoms with Crippen LogP contribution in [-0.4, -0.2) is 45.7 Å². The van der Waals surface area contributed by atoms with Crippen LogP contribution in [0.5, 0.6) is 5.75 Å². The maximum absolute atomic E-state index is 12.3. The third-order valence-electron chi connectivity index (χ3n) is 4.37. The van der Waals surface area contributed by atoms with Gasteiger partial charge in [0.25, 0.3) is 5.91 Å². The van der Waals surface area contributed by atoms with Gasteiger partial charge in [0.15, 0.2) is 11.0 Å². The number of carbonyl (C=O) groups excluding carboxylic acids is 2. The van der Waals surface area contributed by atoms with E-state index in [1.807, 2.05) is 30.5 Å². The molecule has 0 aliphatic heterocycles. The molecule has 0 radical (unpaired) electrons. The van der Waals surface area contributed by atoms with Gasteiger partial charge in [-0.3, -0.25) is 9.59 Å². The zero-order valence-electron chi connectivity index (χ0n) is 17.4. The topological polar surface area (TPSA) is 98.1 Å². The first-order chi connectivity index (χ1) is 15.0. The van der Waals surface area contributed by atoms with Crippen molar-refractivity contribution in [3.05, 3.63) is 59.9 Å².